The molecule has 0 radical (unpaired) electrons. The van der Waals surface area contributed by atoms with E-state index < -0.39 is 0 Å². The molecule has 0 aromatic heterocycles. The van der Waals surface area contributed by atoms with Gasteiger partial charge in [0.1, 0.15) is 0 Å². The van der Waals surface area contributed by atoms with Crippen molar-refractivity contribution in [2.75, 3.05) is 27.8 Å². The number of amides is 1. The summed E-state index contributed by atoms with van der Waals surface area (Å²) >= 11 is 0. The van der Waals surface area contributed by atoms with Gasteiger partial charge in [-0.1, -0.05) is 6.08 Å². The molecule has 1 amide bonds. The van der Waals surface area contributed by atoms with E-state index in [1.54, 1.807) is 27.3 Å². The molecule has 0 aliphatic carbocycles. The fourth-order valence-corrected chi connectivity index (χ4v) is 1.94. The first kappa shape index (κ1) is 16.0. The number of ether oxygens (including phenoxy) is 2. The van der Waals surface area contributed by atoms with Gasteiger partial charge in [0, 0.05) is 12.1 Å². The predicted octanol–water partition coefficient (Wildman–Crippen LogP) is 1.27. The van der Waals surface area contributed by atoms with E-state index >= 15 is 0 Å². The highest BCUT2D eigenvalue weighted by atomic mass is 16.5. The van der Waals surface area contributed by atoms with Crippen molar-refractivity contribution >= 4 is 5.91 Å². The number of nitrogens with one attached hydrogen (secondary N) is 2. The SMILES string of the molecule is C=CCc1cc(CNC(=O)CNC)cc(OC)c1OC. The van der Waals surface area contributed by atoms with Gasteiger partial charge in [0.05, 0.1) is 20.8 Å². The maximum atomic E-state index is 11.5. The molecular weight excluding hydrogens is 256 g/mol. The number of allylic oxidation sites excluding steroid dienone is 1. The van der Waals surface area contributed by atoms with Crippen molar-refractivity contribution in [1.82, 2.24) is 10.6 Å². The van der Waals surface area contributed by atoms with E-state index in [-0.39, 0.29) is 5.91 Å². The lowest BCUT2D eigenvalue weighted by Crippen LogP contribution is -2.31. The molecule has 0 spiro atoms. The summed E-state index contributed by atoms with van der Waals surface area (Å²) in [7, 11) is 4.94. The van der Waals surface area contributed by atoms with Crippen molar-refractivity contribution in [3.63, 3.8) is 0 Å². The second-order valence-electron chi connectivity index (χ2n) is 4.29. The highest BCUT2D eigenvalue weighted by Gasteiger charge is 2.12. The molecule has 5 heteroatoms. The minimum Gasteiger partial charge on any atom is -0.493 e. The van der Waals surface area contributed by atoms with E-state index in [4.69, 9.17) is 9.47 Å². The van der Waals surface area contributed by atoms with Crippen LogP contribution in [0.2, 0.25) is 0 Å². The summed E-state index contributed by atoms with van der Waals surface area (Å²) in [5.74, 6) is 1.31. The monoisotopic (exact) mass is 278 g/mol. The Labute approximate surface area is 120 Å². The number of carbonyl (C=O) groups excluding carboxylic acids is 1. The second kappa shape index (κ2) is 8.22. The molecule has 0 bridgehead atoms. The van der Waals surface area contributed by atoms with Crippen LogP contribution in [0.4, 0.5) is 0 Å². The summed E-state index contributed by atoms with van der Waals surface area (Å²) in [6.45, 7) is 4.49. The van der Waals surface area contributed by atoms with Crippen LogP contribution >= 0.6 is 0 Å². The van der Waals surface area contributed by atoms with Gasteiger partial charge >= 0.3 is 0 Å². The number of carbonyl (C=O) groups is 1. The van der Waals surface area contributed by atoms with Crippen LogP contribution in [0, 0.1) is 0 Å². The quantitative estimate of drug-likeness (QED) is 0.703. The van der Waals surface area contributed by atoms with E-state index in [1.165, 1.54) is 0 Å². The molecule has 0 atom stereocenters. The van der Waals surface area contributed by atoms with Gasteiger partial charge in [-0.3, -0.25) is 4.79 Å². The van der Waals surface area contributed by atoms with Crippen LogP contribution in [-0.4, -0.2) is 33.7 Å². The molecule has 1 rings (SSSR count). The molecule has 0 saturated carbocycles. The molecule has 0 aliphatic rings. The van der Waals surface area contributed by atoms with Gasteiger partial charge in [-0.05, 0) is 31.2 Å². The molecule has 2 N–H and O–H groups in total. The van der Waals surface area contributed by atoms with E-state index in [9.17, 15) is 4.79 Å². The van der Waals surface area contributed by atoms with Crippen molar-refractivity contribution in [3.8, 4) is 11.5 Å². The first-order valence-corrected chi connectivity index (χ1v) is 6.42. The van der Waals surface area contributed by atoms with Gasteiger partial charge in [0.25, 0.3) is 0 Å². The molecule has 0 heterocycles. The first-order chi connectivity index (χ1) is 9.65. The normalized spacial score (nSPS) is 9.95. The number of benzene rings is 1. The van der Waals surface area contributed by atoms with Gasteiger partial charge in [-0.15, -0.1) is 6.58 Å². The summed E-state index contributed by atoms with van der Waals surface area (Å²) in [6, 6.07) is 3.85. The maximum absolute atomic E-state index is 11.5. The van der Waals surface area contributed by atoms with E-state index in [0.29, 0.717) is 31.0 Å². The van der Waals surface area contributed by atoms with Gasteiger partial charge in [-0.25, -0.2) is 0 Å². The lowest BCUT2D eigenvalue weighted by molar-refractivity contribution is -0.120. The van der Waals surface area contributed by atoms with E-state index in [0.717, 1.165) is 11.1 Å². The fourth-order valence-electron chi connectivity index (χ4n) is 1.94. The summed E-state index contributed by atoms with van der Waals surface area (Å²) in [5.41, 5.74) is 1.95. The number of likely N-dealkylation sites (N-methyl/N-ethyl adjacent to an activating group) is 1. The minimum absolute atomic E-state index is 0.0486. The van der Waals surface area contributed by atoms with Crippen LogP contribution in [0.5, 0.6) is 11.5 Å². The Morgan fingerprint density at radius 1 is 1.35 bits per heavy atom. The number of rotatable bonds is 8. The highest BCUT2D eigenvalue weighted by molar-refractivity contribution is 5.77. The third-order valence-corrected chi connectivity index (χ3v) is 2.81. The number of methoxy groups -OCH3 is 2. The van der Waals surface area contributed by atoms with Crippen molar-refractivity contribution < 1.29 is 14.3 Å². The molecule has 0 aliphatic heterocycles. The molecule has 110 valence electrons. The number of hydrogen-bond donors (Lipinski definition) is 2. The Morgan fingerprint density at radius 2 is 2.10 bits per heavy atom. The summed E-state index contributed by atoms with van der Waals surface area (Å²) < 4.78 is 10.7. The molecule has 5 nitrogen and oxygen atoms in total. The fraction of sp³-hybridized carbons (Fsp3) is 0.400. The standard InChI is InChI=1S/C15H22N2O3/c1-5-6-12-7-11(9-17-14(18)10-16-2)8-13(19-3)15(12)20-4/h5,7-8,16H,1,6,9-10H2,2-4H3,(H,17,18). The minimum atomic E-state index is -0.0486. The third-order valence-electron chi connectivity index (χ3n) is 2.81. The van der Waals surface area contributed by atoms with E-state index in [2.05, 4.69) is 17.2 Å². The van der Waals surface area contributed by atoms with Crippen molar-refractivity contribution in [2.24, 2.45) is 0 Å². The smallest absolute Gasteiger partial charge is 0.234 e. The molecule has 1 aromatic carbocycles. The van der Waals surface area contributed by atoms with Gasteiger partial charge < -0.3 is 20.1 Å². The topological polar surface area (TPSA) is 59.6 Å². The van der Waals surface area contributed by atoms with Crippen LogP contribution in [0.15, 0.2) is 24.8 Å². The van der Waals surface area contributed by atoms with Gasteiger partial charge in [-0.2, -0.15) is 0 Å². The van der Waals surface area contributed by atoms with Crippen LogP contribution < -0.4 is 20.1 Å². The van der Waals surface area contributed by atoms with Crippen LogP contribution in [0.1, 0.15) is 11.1 Å². The molecule has 0 saturated heterocycles. The second-order valence-corrected chi connectivity index (χ2v) is 4.29. The van der Waals surface area contributed by atoms with E-state index in [1.807, 2.05) is 12.1 Å². The number of hydrogen-bond acceptors (Lipinski definition) is 4. The molecule has 0 unspecified atom stereocenters. The average molecular weight is 278 g/mol. The Balaban J connectivity index is 2.93. The summed E-state index contributed by atoms with van der Waals surface area (Å²) in [5, 5.41) is 5.64. The third kappa shape index (κ3) is 4.28. The lowest BCUT2D eigenvalue weighted by atomic mass is 10.1. The Kier molecular flexibility index (Phi) is 6.59. The zero-order valence-electron chi connectivity index (χ0n) is 12.3. The Bertz CT molecular complexity index is 472. The van der Waals surface area contributed by atoms with Crippen LogP contribution in [-0.2, 0) is 17.8 Å². The summed E-state index contributed by atoms with van der Waals surface area (Å²) in [6.07, 6.45) is 2.48. The average Bonchev–Trinajstić information content (AvgIpc) is 2.45. The lowest BCUT2D eigenvalue weighted by Gasteiger charge is -2.14. The zero-order chi connectivity index (χ0) is 15.0. The van der Waals surface area contributed by atoms with Crippen molar-refractivity contribution in [3.05, 3.63) is 35.9 Å². The van der Waals surface area contributed by atoms with Gasteiger partial charge in [0.2, 0.25) is 5.91 Å². The van der Waals surface area contributed by atoms with Crippen molar-refractivity contribution in [1.29, 1.82) is 0 Å². The molecule has 0 fully saturated rings. The maximum Gasteiger partial charge on any atom is 0.234 e. The van der Waals surface area contributed by atoms with Crippen LogP contribution in [0.25, 0.3) is 0 Å². The highest BCUT2D eigenvalue weighted by Crippen LogP contribution is 2.33. The first-order valence-electron chi connectivity index (χ1n) is 6.42. The molecule has 1 aromatic rings. The molecular formula is C15H22N2O3. The largest absolute Gasteiger partial charge is 0.493 e. The zero-order valence-corrected chi connectivity index (χ0v) is 12.3. The molecule has 20 heavy (non-hydrogen) atoms. The van der Waals surface area contributed by atoms with Crippen LogP contribution in [0.3, 0.4) is 0 Å². The summed E-state index contributed by atoms with van der Waals surface area (Å²) in [4.78, 5) is 11.5. The predicted molar refractivity (Wildman–Crippen MR) is 79.2 cm³/mol. The Hall–Kier alpha value is -2.01. The Morgan fingerprint density at radius 3 is 2.65 bits per heavy atom. The van der Waals surface area contributed by atoms with Crippen molar-refractivity contribution in [2.45, 2.75) is 13.0 Å². The van der Waals surface area contributed by atoms with Gasteiger partial charge in [0.15, 0.2) is 11.5 Å².